The molecule has 1 aliphatic heterocycles. The first-order valence-corrected chi connectivity index (χ1v) is 8.77. The highest BCUT2D eigenvalue weighted by Gasteiger charge is 2.22. The Balaban J connectivity index is 1.48. The average molecular weight is 397 g/mol. The molecule has 1 amide bonds. The summed E-state index contributed by atoms with van der Waals surface area (Å²) in [4.78, 5) is 15.7. The number of amides is 1. The zero-order chi connectivity index (χ0) is 20.4. The molecule has 0 saturated carbocycles. The van der Waals surface area contributed by atoms with E-state index in [1.165, 1.54) is 37.5 Å². The van der Waals surface area contributed by atoms with Crippen molar-refractivity contribution in [2.75, 3.05) is 23.0 Å². The maximum atomic E-state index is 13.8. The first-order chi connectivity index (χ1) is 14.0. The van der Waals surface area contributed by atoms with Crippen LogP contribution < -0.4 is 26.0 Å². The second-order valence-electron chi connectivity index (χ2n) is 6.23. The summed E-state index contributed by atoms with van der Waals surface area (Å²) in [5.41, 5.74) is 1.45. The number of hydrogen-bond donors (Lipinski definition) is 4. The Bertz CT molecular complexity index is 1060. The van der Waals surface area contributed by atoms with Crippen molar-refractivity contribution in [1.82, 2.24) is 10.3 Å². The smallest absolute Gasteiger partial charge is 0.269 e. The van der Waals surface area contributed by atoms with Crippen molar-refractivity contribution >= 4 is 23.0 Å². The largest absolute Gasteiger partial charge is 0.457 e. The molecular weight excluding hydrogens is 380 g/mol. The maximum Gasteiger partial charge on any atom is 0.269 e. The molecule has 4 N–H and O–H groups in total. The maximum absolute atomic E-state index is 13.8. The summed E-state index contributed by atoms with van der Waals surface area (Å²) in [6, 6.07) is 12.1. The summed E-state index contributed by atoms with van der Waals surface area (Å²) in [5.74, 6) is -0.710. The number of halogens is 2. The molecule has 7 nitrogen and oxygen atoms in total. The number of carbonyl (C=O) groups excluding carboxylic acids is 1. The highest BCUT2D eigenvalue weighted by molar-refractivity contribution is 5.92. The van der Waals surface area contributed by atoms with Gasteiger partial charge >= 0.3 is 0 Å². The molecule has 9 heteroatoms. The average Bonchev–Trinajstić information content (AvgIpc) is 3.12. The lowest BCUT2D eigenvalue weighted by Gasteiger charge is -2.16. The second kappa shape index (κ2) is 7.63. The molecule has 29 heavy (non-hydrogen) atoms. The molecule has 2 aromatic carbocycles. The molecular formula is C20H17F2N5O2. The molecule has 1 aromatic heterocycles. The summed E-state index contributed by atoms with van der Waals surface area (Å²) in [5, 5.41) is 11.4. The molecule has 0 radical (unpaired) electrons. The van der Waals surface area contributed by atoms with E-state index in [9.17, 15) is 13.6 Å². The summed E-state index contributed by atoms with van der Waals surface area (Å²) in [7, 11) is 1.52. The number of carbonyl (C=O) groups is 1. The summed E-state index contributed by atoms with van der Waals surface area (Å²) in [6.45, 7) is 0. The molecule has 0 bridgehead atoms. The molecule has 1 aliphatic rings. The van der Waals surface area contributed by atoms with Crippen LogP contribution in [0.1, 0.15) is 10.5 Å². The SMILES string of the molecule is CNC(=O)c1cc(Oc2ccc3c(c2)NC(Nc2c(F)cccc2F)N3)ccn1. The van der Waals surface area contributed by atoms with E-state index in [2.05, 4.69) is 26.3 Å². The number of nitrogens with one attached hydrogen (secondary N) is 4. The molecule has 1 unspecified atom stereocenters. The van der Waals surface area contributed by atoms with Crippen molar-refractivity contribution in [3.63, 3.8) is 0 Å². The fourth-order valence-electron chi connectivity index (χ4n) is 2.89. The lowest BCUT2D eigenvalue weighted by molar-refractivity contribution is 0.0958. The molecule has 0 saturated heterocycles. The van der Waals surface area contributed by atoms with Gasteiger partial charge in [0.1, 0.15) is 34.5 Å². The van der Waals surface area contributed by atoms with E-state index in [4.69, 9.17) is 4.74 Å². The van der Waals surface area contributed by atoms with Gasteiger partial charge in [0.2, 0.25) is 0 Å². The van der Waals surface area contributed by atoms with Crippen LogP contribution in [0.25, 0.3) is 0 Å². The van der Waals surface area contributed by atoms with E-state index in [1.54, 1.807) is 24.3 Å². The number of nitrogens with zero attached hydrogens (tertiary/aromatic N) is 1. The predicted molar refractivity (Wildman–Crippen MR) is 105 cm³/mol. The molecule has 0 spiro atoms. The minimum atomic E-state index is -0.682. The van der Waals surface area contributed by atoms with Crippen LogP contribution in [0, 0.1) is 11.6 Å². The zero-order valence-corrected chi connectivity index (χ0v) is 15.3. The van der Waals surface area contributed by atoms with Gasteiger partial charge in [0.05, 0.1) is 11.4 Å². The normalized spacial score (nSPS) is 14.4. The lowest BCUT2D eigenvalue weighted by Crippen LogP contribution is -2.32. The molecule has 3 aromatic rings. The molecule has 148 valence electrons. The number of para-hydroxylation sites is 1. The van der Waals surface area contributed by atoms with Gasteiger partial charge in [0.25, 0.3) is 5.91 Å². The first-order valence-electron chi connectivity index (χ1n) is 8.77. The monoisotopic (exact) mass is 397 g/mol. The van der Waals surface area contributed by atoms with Crippen LogP contribution in [0.3, 0.4) is 0 Å². The van der Waals surface area contributed by atoms with Crippen molar-refractivity contribution in [3.8, 4) is 11.5 Å². The summed E-state index contributed by atoms with van der Waals surface area (Å²) in [6.07, 6.45) is 0.878. The van der Waals surface area contributed by atoms with Gasteiger partial charge in [-0.15, -0.1) is 0 Å². The Morgan fingerprint density at radius 3 is 2.52 bits per heavy atom. The number of hydrogen-bond acceptors (Lipinski definition) is 6. The van der Waals surface area contributed by atoms with Gasteiger partial charge in [0.15, 0.2) is 6.29 Å². The van der Waals surface area contributed by atoms with Crippen LogP contribution in [0.4, 0.5) is 25.8 Å². The quantitative estimate of drug-likeness (QED) is 0.525. The van der Waals surface area contributed by atoms with Crippen molar-refractivity contribution < 1.29 is 18.3 Å². The van der Waals surface area contributed by atoms with Crippen molar-refractivity contribution in [2.45, 2.75) is 6.29 Å². The Hall–Kier alpha value is -3.88. The third-order valence-electron chi connectivity index (χ3n) is 4.27. The van der Waals surface area contributed by atoms with Crippen LogP contribution in [-0.4, -0.2) is 24.2 Å². The third-order valence-corrected chi connectivity index (χ3v) is 4.27. The van der Waals surface area contributed by atoms with Gasteiger partial charge in [-0.3, -0.25) is 9.78 Å². The predicted octanol–water partition coefficient (Wildman–Crippen LogP) is 3.74. The zero-order valence-electron chi connectivity index (χ0n) is 15.3. The van der Waals surface area contributed by atoms with Crippen molar-refractivity contribution in [1.29, 1.82) is 0 Å². The molecule has 0 fully saturated rings. The molecule has 4 rings (SSSR count). The van der Waals surface area contributed by atoms with Gasteiger partial charge in [-0.2, -0.15) is 0 Å². The number of pyridine rings is 1. The minimum absolute atomic E-state index is 0.222. The molecule has 1 atom stereocenters. The van der Waals surface area contributed by atoms with Crippen LogP contribution in [0.15, 0.2) is 54.7 Å². The van der Waals surface area contributed by atoms with E-state index in [0.717, 1.165) is 5.69 Å². The van der Waals surface area contributed by atoms with E-state index in [-0.39, 0.29) is 17.3 Å². The standard InChI is InChI=1S/C20H17F2N5O2/c1-23-19(28)17-10-12(7-8-24-17)29-11-5-6-15-16(9-11)26-20(25-15)27-18-13(21)3-2-4-14(18)22/h2-10,20,25-27H,1H3,(H,23,28). The lowest BCUT2D eigenvalue weighted by atomic mass is 10.2. The Labute approximate surface area is 165 Å². The van der Waals surface area contributed by atoms with E-state index < -0.39 is 17.9 Å². The number of fused-ring (bicyclic) bond motifs is 1. The van der Waals surface area contributed by atoms with Crippen molar-refractivity contribution in [2.24, 2.45) is 0 Å². The number of anilines is 3. The topological polar surface area (TPSA) is 87.3 Å². The van der Waals surface area contributed by atoms with E-state index >= 15 is 0 Å². The van der Waals surface area contributed by atoms with Crippen LogP contribution in [-0.2, 0) is 0 Å². The summed E-state index contributed by atoms with van der Waals surface area (Å²) < 4.78 is 33.5. The van der Waals surface area contributed by atoms with Gasteiger partial charge in [-0.05, 0) is 30.3 Å². The van der Waals surface area contributed by atoms with E-state index in [1.807, 2.05) is 0 Å². The van der Waals surface area contributed by atoms with Gasteiger partial charge in [-0.1, -0.05) is 6.07 Å². The molecule has 0 aliphatic carbocycles. The number of aromatic nitrogens is 1. The highest BCUT2D eigenvalue weighted by Crippen LogP contribution is 2.35. The number of ether oxygens (including phenoxy) is 1. The Morgan fingerprint density at radius 1 is 1.03 bits per heavy atom. The second-order valence-corrected chi connectivity index (χ2v) is 6.23. The third kappa shape index (κ3) is 3.88. The number of benzene rings is 2. The number of rotatable bonds is 5. The van der Waals surface area contributed by atoms with Gasteiger partial charge < -0.3 is 26.0 Å². The fourth-order valence-corrected chi connectivity index (χ4v) is 2.89. The first kappa shape index (κ1) is 18.5. The Morgan fingerprint density at radius 2 is 1.76 bits per heavy atom. The van der Waals surface area contributed by atoms with Crippen LogP contribution >= 0.6 is 0 Å². The van der Waals surface area contributed by atoms with Gasteiger partial charge in [-0.25, -0.2) is 8.78 Å². The highest BCUT2D eigenvalue weighted by atomic mass is 19.1. The van der Waals surface area contributed by atoms with Gasteiger partial charge in [0, 0.05) is 25.4 Å². The van der Waals surface area contributed by atoms with Crippen LogP contribution in [0.5, 0.6) is 11.5 Å². The Kier molecular flexibility index (Phi) is 4.86. The summed E-state index contributed by atoms with van der Waals surface area (Å²) >= 11 is 0. The van der Waals surface area contributed by atoms with E-state index in [0.29, 0.717) is 17.2 Å². The fraction of sp³-hybridized carbons (Fsp3) is 0.100. The molecule has 2 heterocycles. The van der Waals surface area contributed by atoms with Crippen LogP contribution in [0.2, 0.25) is 0 Å². The minimum Gasteiger partial charge on any atom is -0.457 e. The van der Waals surface area contributed by atoms with Crippen molar-refractivity contribution in [3.05, 3.63) is 72.1 Å².